The molecule has 3 aromatic rings. The topological polar surface area (TPSA) is 125 Å². The molecule has 31 heavy (non-hydrogen) atoms. The van der Waals surface area contributed by atoms with Crippen LogP contribution in [0.5, 0.6) is 0 Å². The average Bonchev–Trinajstić information content (AvgIpc) is 2.77. The van der Waals surface area contributed by atoms with Gasteiger partial charge in [0.2, 0.25) is 11.9 Å². The molecule has 0 aliphatic heterocycles. The van der Waals surface area contributed by atoms with Crippen molar-refractivity contribution in [3.05, 3.63) is 70.8 Å². The molecule has 0 spiro atoms. The molecule has 8 nitrogen and oxygen atoms in total. The second kappa shape index (κ2) is 11.4. The molecular formula is C22H25BrN6O2. The number of aliphatic hydroxyl groups excluding tert-OH is 1. The number of hydrogen-bond donors (Lipinski definition) is 5. The molecule has 1 unspecified atom stereocenters. The van der Waals surface area contributed by atoms with E-state index in [2.05, 4.69) is 41.8 Å². The van der Waals surface area contributed by atoms with Gasteiger partial charge in [0.1, 0.15) is 5.82 Å². The third kappa shape index (κ3) is 7.02. The Morgan fingerprint density at radius 1 is 1.13 bits per heavy atom. The molecule has 3 rings (SSSR count). The normalized spacial score (nSPS) is 11.6. The lowest BCUT2D eigenvalue weighted by Crippen LogP contribution is -2.37. The van der Waals surface area contributed by atoms with E-state index in [9.17, 15) is 4.79 Å². The number of benzene rings is 2. The number of rotatable bonds is 10. The maximum atomic E-state index is 12.5. The number of carbonyl (C=O) groups excluding carboxylic acids is 1. The van der Waals surface area contributed by atoms with Crippen molar-refractivity contribution in [3.63, 3.8) is 0 Å². The van der Waals surface area contributed by atoms with Crippen LogP contribution in [0.3, 0.4) is 0 Å². The van der Waals surface area contributed by atoms with Crippen LogP contribution >= 0.6 is 15.9 Å². The maximum absolute atomic E-state index is 12.5. The van der Waals surface area contributed by atoms with E-state index >= 15 is 0 Å². The van der Waals surface area contributed by atoms with E-state index in [0.29, 0.717) is 36.8 Å². The van der Waals surface area contributed by atoms with Crippen LogP contribution in [0.4, 0.5) is 23.1 Å². The Balaban J connectivity index is 1.62. The molecule has 9 heteroatoms. The summed E-state index contributed by atoms with van der Waals surface area (Å²) in [4.78, 5) is 21.2. The van der Waals surface area contributed by atoms with Gasteiger partial charge in [-0.3, -0.25) is 4.79 Å². The molecule has 0 fully saturated rings. The van der Waals surface area contributed by atoms with Crippen molar-refractivity contribution in [1.82, 2.24) is 9.97 Å². The van der Waals surface area contributed by atoms with Crippen LogP contribution in [0.15, 0.2) is 65.3 Å². The van der Waals surface area contributed by atoms with Gasteiger partial charge in [-0.25, -0.2) is 4.98 Å². The zero-order valence-corrected chi connectivity index (χ0v) is 18.5. The minimum absolute atomic E-state index is 0.105. The lowest BCUT2D eigenvalue weighted by molar-refractivity contribution is -0.117. The number of hydrogen-bond acceptors (Lipinski definition) is 7. The summed E-state index contributed by atoms with van der Waals surface area (Å²) in [6, 6.07) is 16.3. The van der Waals surface area contributed by atoms with Gasteiger partial charge < -0.3 is 26.8 Å². The maximum Gasteiger partial charge on any atom is 0.241 e. The molecule has 1 aromatic heterocycles. The van der Waals surface area contributed by atoms with Gasteiger partial charge in [0, 0.05) is 30.7 Å². The highest BCUT2D eigenvalue weighted by Gasteiger charge is 2.14. The first-order valence-electron chi connectivity index (χ1n) is 9.90. The fourth-order valence-electron chi connectivity index (χ4n) is 2.84. The van der Waals surface area contributed by atoms with Crippen molar-refractivity contribution >= 4 is 45.0 Å². The first-order valence-corrected chi connectivity index (χ1v) is 10.7. The van der Waals surface area contributed by atoms with Crippen molar-refractivity contribution in [2.24, 2.45) is 5.73 Å². The molecule has 1 heterocycles. The lowest BCUT2D eigenvalue weighted by atomic mass is 10.1. The van der Waals surface area contributed by atoms with Gasteiger partial charge in [-0.15, -0.1) is 0 Å². The van der Waals surface area contributed by atoms with Crippen LogP contribution in [0.25, 0.3) is 0 Å². The van der Waals surface area contributed by atoms with E-state index in [4.69, 9.17) is 10.8 Å². The summed E-state index contributed by atoms with van der Waals surface area (Å²) in [6.07, 6.45) is 2.72. The molecular weight excluding hydrogens is 460 g/mol. The van der Waals surface area contributed by atoms with Crippen molar-refractivity contribution in [2.45, 2.75) is 18.9 Å². The van der Waals surface area contributed by atoms with Crippen LogP contribution in [-0.2, 0) is 11.2 Å². The number of nitrogens with two attached hydrogens (primary N) is 1. The Kier molecular flexibility index (Phi) is 8.34. The van der Waals surface area contributed by atoms with E-state index in [1.54, 1.807) is 18.3 Å². The lowest BCUT2D eigenvalue weighted by Gasteiger charge is -2.14. The number of amides is 1. The van der Waals surface area contributed by atoms with Crippen molar-refractivity contribution in [2.75, 3.05) is 29.1 Å². The monoisotopic (exact) mass is 484 g/mol. The molecule has 6 N–H and O–H groups in total. The standard InChI is InChI=1S/C22H25BrN6O2/c23-18-14-26-22(29-20(18)25-10-5-11-30)28-17-9-4-8-16(13-17)27-21(31)19(24)12-15-6-2-1-3-7-15/h1-4,6-9,13-14,19,30H,5,10-12,24H2,(H,27,31)(H2,25,26,28,29). The zero-order chi connectivity index (χ0) is 22.1. The molecule has 0 bridgehead atoms. The summed E-state index contributed by atoms with van der Waals surface area (Å²) in [6.45, 7) is 0.699. The molecule has 1 atom stereocenters. The second-order valence-corrected chi connectivity index (χ2v) is 7.74. The van der Waals surface area contributed by atoms with E-state index in [1.165, 1.54) is 0 Å². The van der Waals surface area contributed by atoms with Gasteiger partial charge >= 0.3 is 0 Å². The molecule has 0 saturated heterocycles. The van der Waals surface area contributed by atoms with Crippen molar-refractivity contribution in [1.29, 1.82) is 0 Å². The van der Waals surface area contributed by atoms with E-state index in [1.807, 2.05) is 42.5 Å². The Hall–Kier alpha value is -3.01. The number of aliphatic hydroxyl groups is 1. The number of halogens is 1. The highest BCUT2D eigenvalue weighted by Crippen LogP contribution is 2.23. The summed E-state index contributed by atoms with van der Waals surface area (Å²) >= 11 is 3.41. The predicted octanol–water partition coefficient (Wildman–Crippen LogP) is 3.29. The fraction of sp³-hybridized carbons (Fsp3) is 0.227. The predicted molar refractivity (Wildman–Crippen MR) is 126 cm³/mol. The third-order valence-electron chi connectivity index (χ3n) is 4.39. The molecule has 0 aliphatic rings. The zero-order valence-electron chi connectivity index (χ0n) is 16.9. The SMILES string of the molecule is NC(Cc1ccccc1)C(=O)Nc1cccc(Nc2ncc(Br)c(NCCCO)n2)c1. The Bertz CT molecular complexity index is 1000. The second-order valence-electron chi connectivity index (χ2n) is 6.89. The molecule has 0 aliphatic carbocycles. The molecule has 0 radical (unpaired) electrons. The summed E-state index contributed by atoms with van der Waals surface area (Å²) in [5.74, 6) is 0.775. The Labute approximate surface area is 189 Å². The quantitative estimate of drug-likeness (QED) is 0.279. The highest BCUT2D eigenvalue weighted by molar-refractivity contribution is 9.10. The van der Waals surface area contributed by atoms with Gasteiger partial charge in [0.05, 0.1) is 10.5 Å². The van der Waals surface area contributed by atoms with Crippen LogP contribution < -0.4 is 21.7 Å². The molecule has 0 saturated carbocycles. The Morgan fingerprint density at radius 2 is 1.90 bits per heavy atom. The van der Waals surface area contributed by atoms with Gasteiger partial charge in [-0.05, 0) is 52.5 Å². The summed E-state index contributed by atoms with van der Waals surface area (Å²) in [7, 11) is 0. The van der Waals surface area contributed by atoms with E-state index in [-0.39, 0.29) is 12.5 Å². The van der Waals surface area contributed by atoms with Gasteiger partial charge in [-0.2, -0.15) is 4.98 Å². The minimum Gasteiger partial charge on any atom is -0.396 e. The molecule has 1 amide bonds. The number of anilines is 4. The van der Waals surface area contributed by atoms with Gasteiger partial charge in [0.25, 0.3) is 0 Å². The van der Waals surface area contributed by atoms with Gasteiger partial charge in [-0.1, -0.05) is 36.4 Å². The van der Waals surface area contributed by atoms with Crippen molar-refractivity contribution < 1.29 is 9.90 Å². The van der Waals surface area contributed by atoms with Crippen LogP contribution in [0.1, 0.15) is 12.0 Å². The molecule has 2 aromatic carbocycles. The number of carbonyl (C=O) groups is 1. The van der Waals surface area contributed by atoms with Crippen LogP contribution in [0, 0.1) is 0 Å². The number of nitrogens with one attached hydrogen (secondary N) is 3. The first-order chi connectivity index (χ1) is 15.0. The van der Waals surface area contributed by atoms with Gasteiger partial charge in [0.15, 0.2) is 0 Å². The van der Waals surface area contributed by atoms with Crippen LogP contribution in [-0.4, -0.2) is 40.2 Å². The summed E-state index contributed by atoms with van der Waals surface area (Å²) < 4.78 is 0.726. The highest BCUT2D eigenvalue weighted by atomic mass is 79.9. The van der Waals surface area contributed by atoms with E-state index < -0.39 is 6.04 Å². The first kappa shape index (κ1) is 22.7. The number of aromatic nitrogens is 2. The Morgan fingerprint density at radius 3 is 2.68 bits per heavy atom. The third-order valence-corrected chi connectivity index (χ3v) is 4.97. The fourth-order valence-corrected chi connectivity index (χ4v) is 3.17. The minimum atomic E-state index is -0.652. The number of nitrogens with zero attached hydrogens (tertiary/aromatic N) is 2. The summed E-state index contributed by atoms with van der Waals surface area (Å²) in [5.41, 5.74) is 8.42. The summed E-state index contributed by atoms with van der Waals surface area (Å²) in [5, 5.41) is 18.1. The van der Waals surface area contributed by atoms with Crippen LogP contribution in [0.2, 0.25) is 0 Å². The van der Waals surface area contributed by atoms with Crippen molar-refractivity contribution in [3.8, 4) is 0 Å². The average molecular weight is 485 g/mol. The van der Waals surface area contributed by atoms with E-state index in [0.717, 1.165) is 15.7 Å². The smallest absolute Gasteiger partial charge is 0.241 e. The largest absolute Gasteiger partial charge is 0.396 e. The molecule has 162 valence electrons.